The predicted molar refractivity (Wildman–Crippen MR) is 71.8 cm³/mol. The Balaban J connectivity index is 2.32. The number of alkyl halides is 2. The fourth-order valence-corrected chi connectivity index (χ4v) is 2.20. The van der Waals surface area contributed by atoms with Gasteiger partial charge in [-0.15, -0.1) is 0 Å². The van der Waals surface area contributed by atoms with Gasteiger partial charge in [0, 0.05) is 17.1 Å². The minimum absolute atomic E-state index is 0.297. The van der Waals surface area contributed by atoms with Crippen molar-refractivity contribution in [3.63, 3.8) is 0 Å². The van der Waals surface area contributed by atoms with Crippen molar-refractivity contribution in [3.05, 3.63) is 36.5 Å². The third-order valence-corrected chi connectivity index (χ3v) is 3.33. The molecule has 0 aromatic carbocycles. The molecule has 0 saturated carbocycles. The molecule has 7 heteroatoms. The Morgan fingerprint density at radius 3 is 2.80 bits per heavy atom. The second-order valence-electron chi connectivity index (χ2n) is 4.00. The first-order valence-electron chi connectivity index (χ1n) is 5.71. The summed E-state index contributed by atoms with van der Waals surface area (Å²) >= 11 is 1.38. The van der Waals surface area contributed by atoms with E-state index in [2.05, 4.69) is 15.0 Å². The average Bonchev–Trinajstić information content (AvgIpc) is 2.99. The Hall–Kier alpha value is -2.02. The Labute approximate surface area is 117 Å². The van der Waals surface area contributed by atoms with Crippen molar-refractivity contribution in [1.29, 1.82) is 0 Å². The smallest absolute Gasteiger partial charge is 0.280 e. The molecule has 3 heterocycles. The molecule has 0 bridgehead atoms. The monoisotopic (exact) mass is 293 g/mol. The quantitative estimate of drug-likeness (QED) is 0.540. The maximum absolute atomic E-state index is 12.9. The van der Waals surface area contributed by atoms with Crippen molar-refractivity contribution < 1.29 is 13.2 Å². The van der Waals surface area contributed by atoms with Gasteiger partial charge in [0.1, 0.15) is 16.9 Å². The Kier molecular flexibility index (Phi) is 3.35. The lowest BCUT2D eigenvalue weighted by Gasteiger charge is -2.07. The van der Waals surface area contributed by atoms with Crippen molar-refractivity contribution >= 4 is 22.7 Å². The summed E-state index contributed by atoms with van der Waals surface area (Å²) in [6.07, 6.45) is 3.66. The topological polar surface area (TPSA) is 51.8 Å². The third-order valence-electron chi connectivity index (χ3n) is 2.76. The highest BCUT2D eigenvalue weighted by Gasteiger charge is 2.16. The summed E-state index contributed by atoms with van der Waals surface area (Å²) in [5.41, 5.74) is 1.23. The summed E-state index contributed by atoms with van der Waals surface area (Å²) in [4.78, 5) is 12.5. The van der Waals surface area contributed by atoms with Gasteiger partial charge in [0.05, 0.1) is 12.5 Å². The van der Waals surface area contributed by atoms with Crippen LogP contribution in [-0.4, -0.2) is 21.2 Å². The number of thioether (sulfide) groups is 1. The molecule has 20 heavy (non-hydrogen) atoms. The first-order chi connectivity index (χ1) is 9.69. The minimum Gasteiger partial charge on any atom is -0.472 e. The molecule has 4 nitrogen and oxygen atoms in total. The summed E-state index contributed by atoms with van der Waals surface area (Å²) in [6.45, 7) is 0. The van der Waals surface area contributed by atoms with Crippen LogP contribution >= 0.6 is 11.8 Å². The molecule has 0 saturated heterocycles. The molecule has 0 atom stereocenters. The van der Waals surface area contributed by atoms with Gasteiger partial charge in [-0.3, -0.25) is 0 Å². The molecule has 0 amide bonds. The zero-order chi connectivity index (χ0) is 14.1. The molecule has 0 aliphatic rings. The van der Waals surface area contributed by atoms with E-state index in [4.69, 9.17) is 4.42 Å². The Morgan fingerprint density at radius 2 is 2.15 bits per heavy atom. The third kappa shape index (κ3) is 2.24. The molecular weight excluding hydrogens is 284 g/mol. The highest BCUT2D eigenvalue weighted by molar-refractivity contribution is 7.98. The first kappa shape index (κ1) is 13.0. The van der Waals surface area contributed by atoms with Crippen LogP contribution in [0.2, 0.25) is 0 Å². The van der Waals surface area contributed by atoms with Crippen LogP contribution in [0.3, 0.4) is 0 Å². The number of rotatable bonds is 3. The maximum Gasteiger partial charge on any atom is 0.280 e. The van der Waals surface area contributed by atoms with Gasteiger partial charge < -0.3 is 4.42 Å². The number of halogens is 2. The van der Waals surface area contributed by atoms with Crippen LogP contribution in [0.4, 0.5) is 8.78 Å². The van der Waals surface area contributed by atoms with Gasteiger partial charge in [-0.2, -0.15) is 0 Å². The lowest BCUT2D eigenvalue weighted by molar-refractivity contribution is 0.146. The van der Waals surface area contributed by atoms with Crippen molar-refractivity contribution in [2.24, 2.45) is 0 Å². The Morgan fingerprint density at radius 1 is 1.30 bits per heavy atom. The van der Waals surface area contributed by atoms with Crippen LogP contribution in [0.5, 0.6) is 0 Å². The van der Waals surface area contributed by atoms with E-state index in [-0.39, 0.29) is 5.69 Å². The van der Waals surface area contributed by atoms with E-state index in [1.165, 1.54) is 36.6 Å². The summed E-state index contributed by atoms with van der Waals surface area (Å²) in [6, 6.07) is 2.98. The molecule has 0 N–H and O–H groups in total. The standard InChI is InChI=1S/C13H9F2N3OS/c1-20-13-16-5-8-4-9(12(14)15)17-10(11(8)18-13)7-2-3-19-6-7/h2-6,12H,1H3. The molecule has 3 aromatic heterocycles. The van der Waals surface area contributed by atoms with E-state index in [9.17, 15) is 8.78 Å². The SMILES string of the molecule is CSc1ncc2cc(C(F)F)nc(-c3ccoc3)c2n1. The fraction of sp³-hybridized carbons (Fsp3) is 0.154. The summed E-state index contributed by atoms with van der Waals surface area (Å²) in [5.74, 6) is 0. The van der Waals surface area contributed by atoms with Gasteiger partial charge in [-0.1, -0.05) is 11.8 Å². The van der Waals surface area contributed by atoms with Crippen LogP contribution in [0.1, 0.15) is 12.1 Å². The first-order valence-corrected chi connectivity index (χ1v) is 6.94. The van der Waals surface area contributed by atoms with Gasteiger partial charge in [0.25, 0.3) is 6.43 Å². The second kappa shape index (κ2) is 5.16. The lowest BCUT2D eigenvalue weighted by Crippen LogP contribution is -1.97. The van der Waals surface area contributed by atoms with Crippen LogP contribution in [-0.2, 0) is 0 Å². The molecule has 3 rings (SSSR count). The number of fused-ring (bicyclic) bond motifs is 1. The largest absolute Gasteiger partial charge is 0.472 e. The zero-order valence-electron chi connectivity index (χ0n) is 10.4. The number of furan rings is 1. The Bertz CT molecular complexity index is 747. The molecule has 102 valence electrons. The minimum atomic E-state index is -2.65. The number of pyridine rings is 1. The number of nitrogens with zero attached hydrogens (tertiary/aromatic N) is 3. The number of hydrogen-bond donors (Lipinski definition) is 0. The molecular formula is C13H9F2N3OS. The van der Waals surface area contributed by atoms with E-state index in [0.717, 1.165) is 0 Å². The van der Waals surface area contributed by atoms with Crippen molar-refractivity contribution in [3.8, 4) is 11.3 Å². The second-order valence-corrected chi connectivity index (χ2v) is 4.78. The predicted octanol–water partition coefficient (Wildman–Crippen LogP) is 3.94. The maximum atomic E-state index is 12.9. The number of aromatic nitrogens is 3. The summed E-state index contributed by atoms with van der Waals surface area (Å²) in [7, 11) is 0. The van der Waals surface area contributed by atoms with E-state index < -0.39 is 6.43 Å². The molecule has 0 aliphatic heterocycles. The van der Waals surface area contributed by atoms with Crippen LogP contribution in [0.25, 0.3) is 22.2 Å². The molecule has 0 unspecified atom stereocenters. The van der Waals surface area contributed by atoms with E-state index >= 15 is 0 Å². The van der Waals surface area contributed by atoms with Gasteiger partial charge in [-0.05, 0) is 18.4 Å². The summed E-state index contributed by atoms with van der Waals surface area (Å²) in [5, 5.41) is 1.10. The van der Waals surface area contributed by atoms with Crippen molar-refractivity contribution in [2.45, 2.75) is 11.6 Å². The highest BCUT2D eigenvalue weighted by atomic mass is 32.2. The average molecular weight is 293 g/mol. The van der Waals surface area contributed by atoms with Gasteiger partial charge in [-0.25, -0.2) is 23.7 Å². The van der Waals surface area contributed by atoms with Crippen LogP contribution < -0.4 is 0 Å². The van der Waals surface area contributed by atoms with E-state index in [0.29, 0.717) is 27.3 Å². The highest BCUT2D eigenvalue weighted by Crippen LogP contribution is 2.30. The molecule has 0 radical (unpaired) electrons. The van der Waals surface area contributed by atoms with Gasteiger partial charge >= 0.3 is 0 Å². The molecule has 3 aromatic rings. The van der Waals surface area contributed by atoms with E-state index in [1.54, 1.807) is 6.07 Å². The zero-order valence-corrected chi connectivity index (χ0v) is 11.2. The van der Waals surface area contributed by atoms with Crippen molar-refractivity contribution in [2.75, 3.05) is 6.26 Å². The van der Waals surface area contributed by atoms with Crippen molar-refractivity contribution in [1.82, 2.24) is 15.0 Å². The van der Waals surface area contributed by atoms with Crippen LogP contribution in [0.15, 0.2) is 40.4 Å². The van der Waals surface area contributed by atoms with Gasteiger partial charge in [0.15, 0.2) is 5.16 Å². The summed E-state index contributed by atoms with van der Waals surface area (Å²) < 4.78 is 30.9. The molecule has 0 fully saturated rings. The lowest BCUT2D eigenvalue weighted by atomic mass is 10.1. The van der Waals surface area contributed by atoms with E-state index in [1.807, 2.05) is 6.26 Å². The molecule has 0 aliphatic carbocycles. The number of hydrogen-bond acceptors (Lipinski definition) is 5. The fourth-order valence-electron chi connectivity index (χ4n) is 1.85. The normalized spacial score (nSPS) is 11.4. The van der Waals surface area contributed by atoms with Crippen LogP contribution in [0, 0.1) is 0 Å². The van der Waals surface area contributed by atoms with Gasteiger partial charge in [0.2, 0.25) is 0 Å². The molecule has 0 spiro atoms.